The van der Waals surface area contributed by atoms with Gasteiger partial charge in [0, 0.05) is 42.9 Å². The molecule has 1 atom stereocenters. The topological polar surface area (TPSA) is 52.6 Å². The summed E-state index contributed by atoms with van der Waals surface area (Å²) in [5.74, 6) is 1.09. The molecule has 5 rings (SSSR count). The largest absolute Gasteiger partial charge is 0.353 e. The van der Waals surface area contributed by atoms with Crippen LogP contribution in [0.25, 0.3) is 0 Å². The number of rotatable bonds is 3. The second-order valence-corrected chi connectivity index (χ2v) is 8.92. The molecule has 0 spiro atoms. The van der Waals surface area contributed by atoms with Crippen LogP contribution in [0.3, 0.4) is 0 Å². The summed E-state index contributed by atoms with van der Waals surface area (Å²) in [6, 6.07) is 15.3. The molecule has 1 aromatic carbocycles. The van der Waals surface area contributed by atoms with Gasteiger partial charge in [-0.05, 0) is 55.7 Å². The van der Waals surface area contributed by atoms with Crippen molar-refractivity contribution in [2.45, 2.75) is 25.8 Å². The van der Waals surface area contributed by atoms with Crippen molar-refractivity contribution < 1.29 is 0 Å². The highest BCUT2D eigenvalue weighted by Crippen LogP contribution is 2.39. The van der Waals surface area contributed by atoms with E-state index in [0.29, 0.717) is 6.04 Å². The Kier molecular flexibility index (Phi) is 5.04. The van der Waals surface area contributed by atoms with Gasteiger partial charge in [0.15, 0.2) is 0 Å². The molecule has 4 heterocycles. The van der Waals surface area contributed by atoms with Crippen LogP contribution in [0.15, 0.2) is 59.9 Å². The number of aromatic nitrogens is 1. The Bertz CT molecular complexity index is 1030. The molecule has 1 fully saturated rings. The number of hydrogen-bond donors (Lipinski definition) is 2. The minimum atomic E-state index is 0.453. The van der Waals surface area contributed by atoms with Crippen LogP contribution in [-0.2, 0) is 6.42 Å². The van der Waals surface area contributed by atoms with Crippen LogP contribution >= 0.6 is 11.3 Å². The second-order valence-electron chi connectivity index (χ2n) is 7.67. The zero-order chi connectivity index (χ0) is 19.6. The molecular formula is C23H25N5S. The molecule has 1 saturated heterocycles. The second kappa shape index (κ2) is 7.97. The van der Waals surface area contributed by atoms with E-state index in [1.54, 1.807) is 11.3 Å². The first-order valence-corrected chi connectivity index (χ1v) is 11.0. The number of pyridine rings is 1. The van der Waals surface area contributed by atoms with Crippen LogP contribution in [0, 0.1) is 6.92 Å². The van der Waals surface area contributed by atoms with Gasteiger partial charge in [-0.1, -0.05) is 12.1 Å². The average Bonchev–Trinajstić information content (AvgIpc) is 3.04. The highest BCUT2D eigenvalue weighted by molar-refractivity contribution is 7.16. The molecule has 2 aromatic heterocycles. The molecule has 148 valence electrons. The first-order chi connectivity index (χ1) is 14.3. The van der Waals surface area contributed by atoms with E-state index in [2.05, 4.69) is 69.9 Å². The van der Waals surface area contributed by atoms with Crippen LogP contribution in [0.1, 0.15) is 22.4 Å². The van der Waals surface area contributed by atoms with Gasteiger partial charge in [-0.2, -0.15) is 0 Å². The number of thiophene rings is 1. The Morgan fingerprint density at radius 3 is 2.93 bits per heavy atom. The molecule has 0 bridgehead atoms. The molecule has 2 N–H and O–H groups in total. The summed E-state index contributed by atoms with van der Waals surface area (Å²) in [6.07, 6.45) is 5.92. The quantitative estimate of drug-likeness (QED) is 0.676. The predicted molar refractivity (Wildman–Crippen MR) is 121 cm³/mol. The third-order valence-corrected chi connectivity index (χ3v) is 6.53. The first kappa shape index (κ1) is 18.3. The molecule has 0 aliphatic carbocycles. The van der Waals surface area contributed by atoms with E-state index in [4.69, 9.17) is 4.99 Å². The monoisotopic (exact) mass is 403 g/mol. The fourth-order valence-electron chi connectivity index (χ4n) is 4.09. The van der Waals surface area contributed by atoms with E-state index < -0.39 is 0 Å². The molecule has 6 heteroatoms. The molecule has 29 heavy (non-hydrogen) atoms. The fourth-order valence-corrected chi connectivity index (χ4v) is 5.01. The van der Waals surface area contributed by atoms with Gasteiger partial charge in [0.1, 0.15) is 10.8 Å². The standard InChI is InChI=1S/C23H25N5S/c1-16-14-19-22(26-20-4-2-3-5-21(20)27-23(19)29-16)28-13-12-25-18(15-28)7-6-17-8-10-24-11-9-17/h2-5,8-11,14,18,25,27H,6-7,12-13,15H2,1H3/t18-/m0/s1. The Balaban J connectivity index is 1.40. The van der Waals surface area contributed by atoms with Crippen molar-refractivity contribution in [2.75, 3.05) is 25.0 Å². The molecule has 0 saturated carbocycles. The molecule has 2 aliphatic heterocycles. The third-order valence-electron chi connectivity index (χ3n) is 5.56. The van der Waals surface area contributed by atoms with E-state index in [1.165, 1.54) is 21.0 Å². The van der Waals surface area contributed by atoms with E-state index in [0.717, 1.165) is 49.7 Å². The third kappa shape index (κ3) is 3.91. The zero-order valence-electron chi connectivity index (χ0n) is 16.6. The summed E-state index contributed by atoms with van der Waals surface area (Å²) >= 11 is 1.80. The lowest BCUT2D eigenvalue weighted by Crippen LogP contribution is -2.52. The summed E-state index contributed by atoms with van der Waals surface area (Å²) < 4.78 is 0. The Labute approximate surface area is 175 Å². The van der Waals surface area contributed by atoms with Crippen LogP contribution in [0.2, 0.25) is 0 Å². The number of hydrogen-bond acceptors (Lipinski definition) is 6. The summed E-state index contributed by atoms with van der Waals surface area (Å²) in [6.45, 7) is 5.09. The number of para-hydroxylation sites is 2. The molecule has 3 aromatic rings. The predicted octanol–water partition coefficient (Wildman–Crippen LogP) is 4.49. The number of nitrogens with zero attached hydrogens (tertiary/aromatic N) is 3. The molecule has 0 amide bonds. The Hall–Kier alpha value is -2.70. The molecule has 0 unspecified atom stereocenters. The number of nitrogens with one attached hydrogen (secondary N) is 2. The fraction of sp³-hybridized carbons (Fsp3) is 0.304. The van der Waals surface area contributed by atoms with Crippen molar-refractivity contribution in [3.05, 3.63) is 70.9 Å². The smallest absolute Gasteiger partial charge is 0.139 e. The van der Waals surface area contributed by atoms with Gasteiger partial charge >= 0.3 is 0 Å². The maximum absolute atomic E-state index is 5.12. The van der Waals surface area contributed by atoms with Gasteiger partial charge < -0.3 is 15.5 Å². The number of benzene rings is 1. The minimum Gasteiger partial charge on any atom is -0.353 e. The summed E-state index contributed by atoms with van der Waals surface area (Å²) in [7, 11) is 0. The Morgan fingerprint density at radius 1 is 1.17 bits per heavy atom. The highest BCUT2D eigenvalue weighted by Gasteiger charge is 2.27. The lowest BCUT2D eigenvalue weighted by Gasteiger charge is -2.35. The number of fused-ring (bicyclic) bond motifs is 2. The van der Waals surface area contributed by atoms with Gasteiger partial charge in [0.25, 0.3) is 0 Å². The van der Waals surface area contributed by atoms with Crippen LogP contribution in [0.4, 0.5) is 16.4 Å². The summed E-state index contributed by atoms with van der Waals surface area (Å²) in [5, 5.41) is 8.50. The maximum Gasteiger partial charge on any atom is 0.139 e. The number of piperazine rings is 1. The van der Waals surface area contributed by atoms with Gasteiger partial charge in [0.05, 0.1) is 16.9 Å². The van der Waals surface area contributed by atoms with E-state index in [9.17, 15) is 0 Å². The van der Waals surface area contributed by atoms with Crippen LogP contribution < -0.4 is 10.6 Å². The Morgan fingerprint density at radius 2 is 2.03 bits per heavy atom. The molecule has 5 nitrogen and oxygen atoms in total. The van der Waals surface area contributed by atoms with Gasteiger partial charge in [-0.3, -0.25) is 4.98 Å². The van der Waals surface area contributed by atoms with E-state index >= 15 is 0 Å². The number of aryl methyl sites for hydroxylation is 2. The van der Waals surface area contributed by atoms with Gasteiger partial charge in [0.2, 0.25) is 0 Å². The number of aliphatic imine (C=N–C) groups is 1. The van der Waals surface area contributed by atoms with Crippen molar-refractivity contribution in [3.8, 4) is 0 Å². The summed E-state index contributed by atoms with van der Waals surface area (Å²) in [5.41, 5.74) is 4.66. The van der Waals surface area contributed by atoms with Crippen molar-refractivity contribution >= 4 is 33.5 Å². The van der Waals surface area contributed by atoms with Crippen molar-refractivity contribution in [1.82, 2.24) is 15.2 Å². The first-order valence-electron chi connectivity index (χ1n) is 10.2. The van der Waals surface area contributed by atoms with Crippen LogP contribution in [-0.4, -0.2) is 41.4 Å². The number of anilines is 2. The molecule has 0 radical (unpaired) electrons. The molecule has 2 aliphatic rings. The minimum absolute atomic E-state index is 0.453. The lowest BCUT2D eigenvalue weighted by molar-refractivity contribution is 0.282. The SMILES string of the molecule is Cc1cc2c(s1)Nc1ccccc1N=C2N1CCN[C@@H](CCc2ccncc2)C1. The summed E-state index contributed by atoms with van der Waals surface area (Å²) in [4.78, 5) is 13.0. The van der Waals surface area contributed by atoms with Gasteiger partial charge in [-0.25, -0.2) is 4.99 Å². The average molecular weight is 404 g/mol. The zero-order valence-corrected chi connectivity index (χ0v) is 17.4. The highest BCUT2D eigenvalue weighted by atomic mass is 32.1. The normalized spacial score (nSPS) is 18.3. The van der Waals surface area contributed by atoms with E-state index in [1.807, 2.05) is 12.4 Å². The van der Waals surface area contributed by atoms with Crippen molar-refractivity contribution in [1.29, 1.82) is 0 Å². The maximum atomic E-state index is 5.12. The number of amidine groups is 1. The molecular weight excluding hydrogens is 378 g/mol. The lowest BCUT2D eigenvalue weighted by atomic mass is 10.0. The van der Waals surface area contributed by atoms with Gasteiger partial charge in [-0.15, -0.1) is 11.3 Å². The van der Waals surface area contributed by atoms with Crippen molar-refractivity contribution in [3.63, 3.8) is 0 Å². The van der Waals surface area contributed by atoms with Crippen molar-refractivity contribution in [2.24, 2.45) is 4.99 Å². The van der Waals surface area contributed by atoms with E-state index in [-0.39, 0.29) is 0 Å². The van der Waals surface area contributed by atoms with Crippen LogP contribution in [0.5, 0.6) is 0 Å².